The number of benzene rings is 2. The highest BCUT2D eigenvalue weighted by molar-refractivity contribution is 6.07. The van der Waals surface area contributed by atoms with Crippen LogP contribution in [0.25, 0.3) is 11.0 Å². The highest BCUT2D eigenvalue weighted by Crippen LogP contribution is 2.21. The molecule has 0 aliphatic rings. The Labute approximate surface area is 258 Å². The molecule has 0 saturated carbocycles. The minimum Gasteiger partial charge on any atom is -0.466 e. The standard InChI is InChI=1S/C32H33N7O6/c1-4-43-29(40)14-16-39(27-7-5-6-15-34-27)31(41)22-10-13-25-24(17-22)37-28(38(25)3)19-35-23-11-8-21(9-12-23)30(33)36-18-26-20(2)44-32(42)45-26/h5-13,15,17,35H,4,14,16,18-19H2,1-3H3,(H2,33,36). The first-order valence-corrected chi connectivity index (χ1v) is 14.3. The second-order valence-corrected chi connectivity index (χ2v) is 10.1. The number of carbonyl (C=O) groups excluding carboxylic acids is 2. The van der Waals surface area contributed by atoms with Gasteiger partial charge >= 0.3 is 11.8 Å². The van der Waals surface area contributed by atoms with Crippen LogP contribution in [0.5, 0.6) is 0 Å². The number of nitrogens with two attached hydrogens (primary N) is 1. The van der Waals surface area contributed by atoms with E-state index in [1.807, 2.05) is 41.9 Å². The number of fused-ring (bicyclic) bond motifs is 1. The van der Waals surface area contributed by atoms with Crippen molar-refractivity contribution in [3.8, 4) is 0 Å². The van der Waals surface area contributed by atoms with Crippen LogP contribution in [0.2, 0.25) is 0 Å². The molecular formula is C32H33N7O6. The zero-order valence-electron chi connectivity index (χ0n) is 25.1. The average Bonchev–Trinajstić information content (AvgIpc) is 3.55. The number of aromatic nitrogens is 3. The van der Waals surface area contributed by atoms with Gasteiger partial charge in [-0.2, -0.15) is 0 Å². The van der Waals surface area contributed by atoms with E-state index in [1.165, 1.54) is 4.90 Å². The molecule has 232 valence electrons. The van der Waals surface area contributed by atoms with Crippen LogP contribution < -0.4 is 21.8 Å². The number of amidine groups is 1. The first-order valence-electron chi connectivity index (χ1n) is 14.3. The zero-order valence-corrected chi connectivity index (χ0v) is 25.1. The molecule has 13 heteroatoms. The molecule has 0 aliphatic heterocycles. The molecule has 0 atom stereocenters. The quantitative estimate of drug-likeness (QED) is 0.120. The molecule has 0 spiro atoms. The lowest BCUT2D eigenvalue weighted by atomic mass is 10.1. The van der Waals surface area contributed by atoms with Crippen molar-refractivity contribution in [2.24, 2.45) is 17.8 Å². The van der Waals surface area contributed by atoms with Crippen molar-refractivity contribution in [1.29, 1.82) is 0 Å². The molecule has 2 aromatic carbocycles. The maximum Gasteiger partial charge on any atom is 0.519 e. The first-order chi connectivity index (χ1) is 21.7. The Morgan fingerprint density at radius 2 is 1.87 bits per heavy atom. The lowest BCUT2D eigenvalue weighted by Gasteiger charge is -2.21. The number of ether oxygens (including phenoxy) is 1. The highest BCUT2D eigenvalue weighted by atomic mass is 16.6. The van der Waals surface area contributed by atoms with Crippen LogP contribution in [0.3, 0.4) is 0 Å². The number of esters is 1. The van der Waals surface area contributed by atoms with Crippen LogP contribution >= 0.6 is 0 Å². The highest BCUT2D eigenvalue weighted by Gasteiger charge is 2.21. The Bertz CT molecular complexity index is 1890. The maximum absolute atomic E-state index is 13.6. The van der Waals surface area contributed by atoms with E-state index in [9.17, 15) is 14.4 Å². The third-order valence-electron chi connectivity index (χ3n) is 7.10. The van der Waals surface area contributed by atoms with Crippen molar-refractivity contribution >= 4 is 40.3 Å². The van der Waals surface area contributed by atoms with Crippen molar-refractivity contribution in [2.75, 3.05) is 23.4 Å². The van der Waals surface area contributed by atoms with Crippen LogP contribution in [-0.2, 0) is 29.7 Å². The van der Waals surface area contributed by atoms with Crippen molar-refractivity contribution < 1.29 is 23.2 Å². The van der Waals surface area contributed by atoms with Gasteiger partial charge in [0.2, 0.25) is 0 Å². The predicted molar refractivity (Wildman–Crippen MR) is 168 cm³/mol. The summed E-state index contributed by atoms with van der Waals surface area (Å²) in [4.78, 5) is 51.7. The molecule has 3 heterocycles. The van der Waals surface area contributed by atoms with Gasteiger partial charge in [0.05, 0.1) is 30.6 Å². The summed E-state index contributed by atoms with van der Waals surface area (Å²) in [5.74, 6) is 0.769. The molecule has 5 aromatic rings. The minimum absolute atomic E-state index is 0.0443. The number of nitrogens with one attached hydrogen (secondary N) is 1. The Kier molecular flexibility index (Phi) is 9.37. The van der Waals surface area contributed by atoms with Crippen LogP contribution in [0, 0.1) is 6.92 Å². The molecule has 13 nitrogen and oxygen atoms in total. The van der Waals surface area contributed by atoms with Crippen LogP contribution in [0.15, 0.2) is 85.5 Å². The second-order valence-electron chi connectivity index (χ2n) is 10.1. The molecule has 5 rings (SSSR count). The summed E-state index contributed by atoms with van der Waals surface area (Å²) in [5.41, 5.74) is 9.63. The fraction of sp³-hybridized carbons (Fsp3) is 0.250. The van der Waals surface area contributed by atoms with E-state index in [-0.39, 0.29) is 38.0 Å². The van der Waals surface area contributed by atoms with Crippen LogP contribution in [-0.4, -0.2) is 45.4 Å². The third-order valence-corrected chi connectivity index (χ3v) is 7.10. The SMILES string of the molecule is CCOC(=O)CCN(C(=O)c1ccc2c(c1)nc(CNc1ccc(C(N)=NCc3oc(=O)oc3C)cc1)n2C)c1ccccn1. The van der Waals surface area contributed by atoms with Crippen molar-refractivity contribution in [2.45, 2.75) is 33.4 Å². The number of aryl methyl sites for hydroxylation is 2. The molecule has 1 amide bonds. The summed E-state index contributed by atoms with van der Waals surface area (Å²) in [6.45, 7) is 4.29. The van der Waals surface area contributed by atoms with Crippen LogP contribution in [0.1, 0.15) is 46.6 Å². The fourth-order valence-electron chi connectivity index (χ4n) is 4.67. The molecule has 0 bridgehead atoms. The van der Waals surface area contributed by atoms with Gasteiger partial charge in [-0.25, -0.2) is 14.8 Å². The molecule has 3 N–H and O–H groups in total. The van der Waals surface area contributed by atoms with E-state index < -0.39 is 5.82 Å². The van der Waals surface area contributed by atoms with E-state index in [2.05, 4.69) is 15.3 Å². The van der Waals surface area contributed by atoms with Gasteiger partial charge in [0.15, 0.2) is 5.76 Å². The van der Waals surface area contributed by atoms with E-state index >= 15 is 0 Å². The number of rotatable bonds is 12. The van der Waals surface area contributed by atoms with Crippen molar-refractivity contribution in [3.05, 3.63) is 106 Å². The summed E-state index contributed by atoms with van der Waals surface area (Å²) in [6.07, 6.45) is 1.64. The van der Waals surface area contributed by atoms with Gasteiger partial charge in [0.1, 0.15) is 29.8 Å². The molecule has 3 aromatic heterocycles. The number of carbonyl (C=O) groups is 2. The predicted octanol–water partition coefficient (Wildman–Crippen LogP) is 3.94. The summed E-state index contributed by atoms with van der Waals surface area (Å²) in [5, 5.41) is 3.36. The van der Waals surface area contributed by atoms with E-state index in [1.54, 1.807) is 50.4 Å². The summed E-state index contributed by atoms with van der Waals surface area (Å²) < 4.78 is 16.8. The fourth-order valence-corrected chi connectivity index (χ4v) is 4.67. The van der Waals surface area contributed by atoms with Gasteiger partial charge in [-0.05, 0) is 68.4 Å². The van der Waals surface area contributed by atoms with E-state index in [4.69, 9.17) is 24.3 Å². The Morgan fingerprint density at radius 3 is 2.56 bits per heavy atom. The minimum atomic E-state index is -0.767. The number of anilines is 2. The number of imidazole rings is 1. The number of nitrogens with zero attached hydrogens (tertiary/aromatic N) is 5. The first kappa shape index (κ1) is 30.7. The van der Waals surface area contributed by atoms with Crippen molar-refractivity contribution in [1.82, 2.24) is 14.5 Å². The van der Waals surface area contributed by atoms with Crippen molar-refractivity contribution in [3.63, 3.8) is 0 Å². The lowest BCUT2D eigenvalue weighted by molar-refractivity contribution is -0.142. The molecule has 0 unspecified atom stereocenters. The molecule has 45 heavy (non-hydrogen) atoms. The Hall–Kier alpha value is -5.72. The van der Waals surface area contributed by atoms with Gasteiger partial charge in [-0.1, -0.05) is 6.07 Å². The Morgan fingerprint density at radius 1 is 1.09 bits per heavy atom. The zero-order chi connectivity index (χ0) is 31.9. The number of aliphatic imine (C=N–C) groups is 1. The Balaban J connectivity index is 1.27. The topological polar surface area (TPSA) is 171 Å². The van der Waals surface area contributed by atoms with Gasteiger partial charge in [0.25, 0.3) is 5.91 Å². The van der Waals surface area contributed by atoms with Crippen LogP contribution in [0.4, 0.5) is 11.5 Å². The summed E-state index contributed by atoms with van der Waals surface area (Å²) in [7, 11) is 1.91. The largest absolute Gasteiger partial charge is 0.519 e. The van der Waals surface area contributed by atoms with E-state index in [0.717, 1.165) is 17.0 Å². The molecule has 0 radical (unpaired) electrons. The second kappa shape index (κ2) is 13.7. The van der Waals surface area contributed by atoms with Gasteiger partial charge in [-0.15, -0.1) is 0 Å². The molecule has 0 fully saturated rings. The maximum atomic E-state index is 13.6. The smallest absolute Gasteiger partial charge is 0.466 e. The average molecular weight is 612 g/mol. The number of hydrogen-bond acceptors (Lipinski definition) is 10. The third kappa shape index (κ3) is 7.26. The number of hydrogen-bond donors (Lipinski definition) is 2. The monoisotopic (exact) mass is 611 g/mol. The number of amides is 1. The molecule has 0 aliphatic carbocycles. The normalized spacial score (nSPS) is 11.5. The van der Waals surface area contributed by atoms with Gasteiger partial charge in [0, 0.05) is 36.6 Å². The molecule has 0 saturated heterocycles. The van der Waals surface area contributed by atoms with Gasteiger partial charge in [-0.3, -0.25) is 19.5 Å². The molecular weight excluding hydrogens is 578 g/mol. The van der Waals surface area contributed by atoms with E-state index in [0.29, 0.717) is 46.4 Å². The summed E-state index contributed by atoms with van der Waals surface area (Å²) in [6, 6.07) is 18.0. The summed E-state index contributed by atoms with van der Waals surface area (Å²) >= 11 is 0. The lowest BCUT2D eigenvalue weighted by Crippen LogP contribution is -2.34. The number of pyridine rings is 1. The van der Waals surface area contributed by atoms with Gasteiger partial charge < -0.3 is 29.2 Å².